The lowest BCUT2D eigenvalue weighted by molar-refractivity contribution is 0.417. The zero-order valence-electron chi connectivity index (χ0n) is 9.82. The number of nitriles is 1. The van der Waals surface area contributed by atoms with Crippen LogP contribution in [0, 0.1) is 16.7 Å². The maximum atomic E-state index is 11.6. The quantitative estimate of drug-likeness (QED) is 0.835. The summed E-state index contributed by atoms with van der Waals surface area (Å²) in [6, 6.07) is 2.16. The van der Waals surface area contributed by atoms with Crippen LogP contribution in [0.4, 0.5) is 0 Å². The van der Waals surface area contributed by atoms with Crippen LogP contribution in [0.1, 0.15) is 31.7 Å². The Bertz CT molecular complexity index is 573. The molecule has 0 bridgehead atoms. The van der Waals surface area contributed by atoms with Crippen molar-refractivity contribution in [2.24, 2.45) is 5.41 Å². The van der Waals surface area contributed by atoms with E-state index in [1.807, 2.05) is 6.92 Å². The van der Waals surface area contributed by atoms with E-state index in [2.05, 4.69) is 11.1 Å². The molecule has 17 heavy (non-hydrogen) atoms. The second kappa shape index (κ2) is 4.21. The predicted molar refractivity (Wildman–Crippen MR) is 62.6 cm³/mol. The van der Waals surface area contributed by atoms with Gasteiger partial charge >= 0.3 is 5.69 Å². The summed E-state index contributed by atoms with van der Waals surface area (Å²) in [5, 5.41) is 8.74. The minimum atomic E-state index is -0.378. The summed E-state index contributed by atoms with van der Waals surface area (Å²) in [6.07, 6.45) is 4.65. The molecule has 1 aliphatic carbocycles. The van der Waals surface area contributed by atoms with Gasteiger partial charge in [-0.25, -0.2) is 4.79 Å². The van der Waals surface area contributed by atoms with Crippen molar-refractivity contribution in [2.45, 2.75) is 39.2 Å². The molecule has 1 heterocycles. The van der Waals surface area contributed by atoms with Crippen molar-refractivity contribution in [2.75, 3.05) is 0 Å². The highest BCUT2D eigenvalue weighted by Crippen LogP contribution is 2.49. The van der Waals surface area contributed by atoms with Gasteiger partial charge in [-0.3, -0.25) is 14.3 Å². The van der Waals surface area contributed by atoms with Crippen LogP contribution >= 0.6 is 0 Å². The maximum absolute atomic E-state index is 11.6. The SMILES string of the molecule is CCc1cn(CC2(CC#N)CC2)c(=O)[nH]c1=O. The number of aryl methyl sites for hydroxylation is 1. The topological polar surface area (TPSA) is 78.7 Å². The van der Waals surface area contributed by atoms with Crippen molar-refractivity contribution in [1.82, 2.24) is 9.55 Å². The Morgan fingerprint density at radius 3 is 2.76 bits per heavy atom. The molecule has 0 amide bonds. The van der Waals surface area contributed by atoms with Gasteiger partial charge in [-0.1, -0.05) is 6.92 Å². The Balaban J connectivity index is 2.31. The Hall–Kier alpha value is -1.83. The second-order valence-corrected chi connectivity index (χ2v) is 4.73. The fourth-order valence-corrected chi connectivity index (χ4v) is 2.02. The average Bonchev–Trinajstić information content (AvgIpc) is 3.03. The van der Waals surface area contributed by atoms with Gasteiger partial charge in [-0.05, 0) is 19.3 Å². The van der Waals surface area contributed by atoms with E-state index in [1.165, 1.54) is 4.57 Å². The first-order valence-electron chi connectivity index (χ1n) is 5.80. The molecule has 1 fully saturated rings. The van der Waals surface area contributed by atoms with E-state index in [4.69, 9.17) is 5.26 Å². The average molecular weight is 233 g/mol. The van der Waals surface area contributed by atoms with Crippen LogP contribution in [0.2, 0.25) is 0 Å². The fourth-order valence-electron chi connectivity index (χ4n) is 2.02. The zero-order valence-corrected chi connectivity index (χ0v) is 9.82. The summed E-state index contributed by atoms with van der Waals surface area (Å²) < 4.78 is 1.53. The number of rotatable bonds is 4. The Labute approximate surface area is 98.7 Å². The van der Waals surface area contributed by atoms with Crippen LogP contribution in [0.25, 0.3) is 0 Å². The van der Waals surface area contributed by atoms with Gasteiger partial charge in [0, 0.05) is 30.1 Å². The van der Waals surface area contributed by atoms with Crippen LogP contribution in [0.3, 0.4) is 0 Å². The molecule has 0 saturated heterocycles. The Morgan fingerprint density at radius 1 is 1.53 bits per heavy atom. The van der Waals surface area contributed by atoms with Gasteiger partial charge in [0.05, 0.1) is 6.07 Å². The Kier molecular flexibility index (Phi) is 2.88. The number of aromatic amines is 1. The number of hydrogen-bond acceptors (Lipinski definition) is 3. The maximum Gasteiger partial charge on any atom is 0.328 e. The van der Waals surface area contributed by atoms with Gasteiger partial charge in [-0.2, -0.15) is 5.26 Å². The molecule has 0 aliphatic heterocycles. The van der Waals surface area contributed by atoms with E-state index in [0.717, 1.165) is 12.8 Å². The number of aromatic nitrogens is 2. The molecular weight excluding hydrogens is 218 g/mol. The fraction of sp³-hybridized carbons (Fsp3) is 0.583. The molecular formula is C12H15N3O2. The van der Waals surface area contributed by atoms with Crippen molar-refractivity contribution in [1.29, 1.82) is 5.26 Å². The largest absolute Gasteiger partial charge is 0.328 e. The first-order chi connectivity index (χ1) is 8.10. The van der Waals surface area contributed by atoms with Gasteiger partial charge in [0.15, 0.2) is 0 Å². The van der Waals surface area contributed by atoms with Crippen molar-refractivity contribution in [3.63, 3.8) is 0 Å². The summed E-state index contributed by atoms with van der Waals surface area (Å²) in [5.74, 6) is 0. The van der Waals surface area contributed by atoms with E-state index >= 15 is 0 Å². The van der Waals surface area contributed by atoms with Crippen LogP contribution in [0.15, 0.2) is 15.8 Å². The smallest absolute Gasteiger partial charge is 0.300 e. The van der Waals surface area contributed by atoms with Gasteiger partial charge in [0.1, 0.15) is 0 Å². The normalized spacial score (nSPS) is 16.5. The minimum Gasteiger partial charge on any atom is -0.300 e. The molecule has 5 heteroatoms. The molecule has 2 rings (SSSR count). The van der Waals surface area contributed by atoms with Crippen molar-refractivity contribution < 1.29 is 0 Å². The monoisotopic (exact) mass is 233 g/mol. The molecule has 0 aromatic carbocycles. The summed E-state index contributed by atoms with van der Waals surface area (Å²) >= 11 is 0. The third-order valence-corrected chi connectivity index (χ3v) is 3.38. The molecule has 1 saturated carbocycles. The molecule has 1 N–H and O–H groups in total. The lowest BCUT2D eigenvalue weighted by atomic mass is 10.0. The van der Waals surface area contributed by atoms with Gasteiger partial charge in [-0.15, -0.1) is 0 Å². The lowest BCUT2D eigenvalue weighted by Crippen LogP contribution is -2.33. The number of nitrogens with zero attached hydrogens (tertiary/aromatic N) is 2. The zero-order chi connectivity index (χ0) is 12.5. The molecule has 1 aromatic rings. The van der Waals surface area contributed by atoms with Gasteiger partial charge < -0.3 is 0 Å². The highest BCUT2D eigenvalue weighted by atomic mass is 16.2. The summed E-state index contributed by atoms with van der Waals surface area (Å²) in [7, 11) is 0. The third kappa shape index (κ3) is 2.31. The molecule has 1 aromatic heterocycles. The van der Waals surface area contributed by atoms with Crippen LogP contribution in [-0.2, 0) is 13.0 Å². The molecule has 0 radical (unpaired) electrons. The second-order valence-electron chi connectivity index (χ2n) is 4.73. The van der Waals surface area contributed by atoms with E-state index in [9.17, 15) is 9.59 Å². The van der Waals surface area contributed by atoms with Gasteiger partial charge in [0.2, 0.25) is 0 Å². The van der Waals surface area contributed by atoms with Crippen LogP contribution < -0.4 is 11.2 Å². The van der Waals surface area contributed by atoms with E-state index in [0.29, 0.717) is 24.9 Å². The van der Waals surface area contributed by atoms with Crippen molar-refractivity contribution in [3.8, 4) is 6.07 Å². The number of nitrogens with one attached hydrogen (secondary N) is 1. The number of H-pyrrole nitrogens is 1. The summed E-state index contributed by atoms with van der Waals surface area (Å²) in [6.45, 7) is 2.41. The molecule has 5 nitrogen and oxygen atoms in total. The summed E-state index contributed by atoms with van der Waals surface area (Å²) in [5.41, 5.74) is -0.116. The first-order valence-corrected chi connectivity index (χ1v) is 5.80. The Morgan fingerprint density at radius 2 is 2.24 bits per heavy atom. The molecule has 0 unspecified atom stereocenters. The highest BCUT2D eigenvalue weighted by molar-refractivity contribution is 5.06. The highest BCUT2D eigenvalue weighted by Gasteiger charge is 2.42. The molecule has 1 aliphatic rings. The summed E-state index contributed by atoms with van der Waals surface area (Å²) in [4.78, 5) is 25.4. The first kappa shape index (κ1) is 11.6. The lowest BCUT2D eigenvalue weighted by Gasteiger charge is -2.13. The van der Waals surface area contributed by atoms with Crippen LogP contribution in [0.5, 0.6) is 0 Å². The van der Waals surface area contributed by atoms with Crippen LogP contribution in [-0.4, -0.2) is 9.55 Å². The molecule has 90 valence electrons. The van der Waals surface area contributed by atoms with Crippen molar-refractivity contribution >= 4 is 0 Å². The molecule has 0 atom stereocenters. The van der Waals surface area contributed by atoms with E-state index in [-0.39, 0.29) is 16.7 Å². The van der Waals surface area contributed by atoms with E-state index in [1.54, 1.807) is 6.20 Å². The van der Waals surface area contributed by atoms with Crippen molar-refractivity contribution in [3.05, 3.63) is 32.6 Å². The van der Waals surface area contributed by atoms with Gasteiger partial charge in [0.25, 0.3) is 5.56 Å². The minimum absolute atomic E-state index is 0.0399. The number of hydrogen-bond donors (Lipinski definition) is 1. The molecule has 0 spiro atoms. The standard InChI is InChI=1S/C12H15N3O2/c1-2-9-7-15(11(17)14-10(9)16)8-12(3-4-12)5-6-13/h7H,2-5,8H2,1H3,(H,14,16,17). The third-order valence-electron chi connectivity index (χ3n) is 3.38. The predicted octanol–water partition coefficient (Wildman–Crippen LogP) is 0.793. The van der Waals surface area contributed by atoms with E-state index < -0.39 is 0 Å².